The number of carbonyl (C=O) groups is 3. The van der Waals surface area contributed by atoms with Crippen molar-refractivity contribution in [2.24, 2.45) is 5.92 Å². The summed E-state index contributed by atoms with van der Waals surface area (Å²) in [6.45, 7) is 0.264. The van der Waals surface area contributed by atoms with Gasteiger partial charge in [0.1, 0.15) is 0 Å². The van der Waals surface area contributed by atoms with Crippen molar-refractivity contribution in [3.8, 4) is 0 Å². The number of pyridine rings is 2. The number of aliphatic hydroxyl groups excluding tert-OH is 1. The molecule has 10 heteroatoms. The monoisotopic (exact) mass is 430 g/mol. The fourth-order valence-corrected chi connectivity index (χ4v) is 3.41. The second kappa shape index (κ2) is 12.2. The molecule has 1 saturated carbocycles. The smallest absolute Gasteiger partial charge is 0.290 e. The van der Waals surface area contributed by atoms with Gasteiger partial charge >= 0.3 is 0 Å². The van der Waals surface area contributed by atoms with E-state index in [2.05, 4.69) is 20.6 Å². The van der Waals surface area contributed by atoms with Crippen LogP contribution in [0.25, 0.3) is 0 Å². The van der Waals surface area contributed by atoms with Crippen LogP contribution in [0.4, 0.5) is 0 Å². The zero-order valence-corrected chi connectivity index (χ0v) is 16.9. The SMILES string of the molecule is O=C(N[C@@H]1CC[C@H](C(=O)NCCc2cccnc2)C[C@H]1O)c1cc[nH]c(=O)c1.O=CO. The highest BCUT2D eigenvalue weighted by molar-refractivity contribution is 5.94. The van der Waals surface area contributed by atoms with Gasteiger partial charge in [-0.25, -0.2) is 0 Å². The molecule has 1 aliphatic rings. The highest BCUT2D eigenvalue weighted by Gasteiger charge is 2.33. The van der Waals surface area contributed by atoms with Crippen LogP contribution in [0.1, 0.15) is 35.2 Å². The van der Waals surface area contributed by atoms with Crippen LogP contribution in [0.2, 0.25) is 0 Å². The van der Waals surface area contributed by atoms with E-state index < -0.39 is 18.1 Å². The first kappa shape index (κ1) is 23.7. The van der Waals surface area contributed by atoms with Gasteiger partial charge in [-0.3, -0.25) is 24.2 Å². The Morgan fingerprint density at radius 2 is 2.06 bits per heavy atom. The topological polar surface area (TPSA) is 161 Å². The molecular weight excluding hydrogens is 404 g/mol. The maximum absolute atomic E-state index is 12.4. The van der Waals surface area contributed by atoms with Crippen LogP contribution in [0.15, 0.2) is 47.7 Å². The van der Waals surface area contributed by atoms with Gasteiger partial charge < -0.3 is 25.8 Å². The lowest BCUT2D eigenvalue weighted by atomic mass is 9.83. The number of nitrogens with zero attached hydrogens (tertiary/aromatic N) is 1. The van der Waals surface area contributed by atoms with E-state index in [1.54, 1.807) is 12.4 Å². The molecular formula is C21H26N4O6. The van der Waals surface area contributed by atoms with Crippen molar-refractivity contribution in [3.63, 3.8) is 0 Å². The predicted molar refractivity (Wildman–Crippen MR) is 111 cm³/mol. The number of hydrogen-bond donors (Lipinski definition) is 5. The molecule has 31 heavy (non-hydrogen) atoms. The van der Waals surface area contributed by atoms with Crippen LogP contribution < -0.4 is 16.2 Å². The minimum absolute atomic E-state index is 0.0812. The molecule has 1 aliphatic carbocycles. The largest absolute Gasteiger partial charge is 0.483 e. The first-order chi connectivity index (χ1) is 14.9. The molecule has 10 nitrogen and oxygen atoms in total. The van der Waals surface area contributed by atoms with Crippen LogP contribution in [0, 0.1) is 5.92 Å². The molecule has 5 N–H and O–H groups in total. The third kappa shape index (κ3) is 7.67. The second-order valence-electron chi connectivity index (χ2n) is 7.11. The summed E-state index contributed by atoms with van der Waals surface area (Å²) < 4.78 is 0. The van der Waals surface area contributed by atoms with Crippen molar-refractivity contribution in [3.05, 3.63) is 64.3 Å². The first-order valence-electron chi connectivity index (χ1n) is 9.86. The summed E-state index contributed by atoms with van der Waals surface area (Å²) in [4.78, 5) is 50.8. The molecule has 0 unspecified atom stereocenters. The van der Waals surface area contributed by atoms with Gasteiger partial charge in [-0.2, -0.15) is 0 Å². The van der Waals surface area contributed by atoms with Gasteiger partial charge in [0.15, 0.2) is 0 Å². The summed E-state index contributed by atoms with van der Waals surface area (Å²) in [5, 5.41) is 22.9. The highest BCUT2D eigenvalue weighted by atomic mass is 16.3. The van der Waals surface area contributed by atoms with Crippen LogP contribution in [0.5, 0.6) is 0 Å². The van der Waals surface area contributed by atoms with E-state index >= 15 is 0 Å². The standard InChI is InChI=1S/C20H24N4O4.CH2O2/c25-17-10-14(19(27)23-8-5-13-2-1-7-21-12-13)3-4-16(17)24-20(28)15-6-9-22-18(26)11-15;2-1-3/h1-2,6-7,9,11-12,14,16-17,25H,3-5,8,10H2,(H,22,26)(H,23,27)(H,24,28);1H,(H,2,3)/t14-,16+,17+;/m0./s1. The molecule has 1 fully saturated rings. The first-order valence-corrected chi connectivity index (χ1v) is 9.86. The predicted octanol–water partition coefficient (Wildman–Crippen LogP) is 0.0890. The van der Waals surface area contributed by atoms with Crippen molar-refractivity contribution in [2.45, 2.75) is 37.8 Å². The molecule has 2 amide bonds. The number of H-pyrrole nitrogens is 1. The van der Waals surface area contributed by atoms with Gasteiger partial charge in [-0.05, 0) is 43.4 Å². The molecule has 3 rings (SSSR count). The second-order valence-corrected chi connectivity index (χ2v) is 7.11. The third-order valence-electron chi connectivity index (χ3n) is 4.98. The molecule has 0 aromatic carbocycles. The summed E-state index contributed by atoms with van der Waals surface area (Å²) >= 11 is 0. The Morgan fingerprint density at radius 1 is 1.29 bits per heavy atom. The zero-order valence-electron chi connectivity index (χ0n) is 16.9. The van der Waals surface area contributed by atoms with Crippen molar-refractivity contribution in [1.82, 2.24) is 20.6 Å². The number of aromatic nitrogens is 2. The Hall–Kier alpha value is -3.53. The summed E-state index contributed by atoms with van der Waals surface area (Å²) in [6, 6.07) is 6.09. The van der Waals surface area contributed by atoms with E-state index in [9.17, 15) is 19.5 Å². The molecule has 2 aromatic rings. The molecule has 0 bridgehead atoms. The molecule has 0 aliphatic heterocycles. The van der Waals surface area contributed by atoms with Gasteiger partial charge in [0.25, 0.3) is 12.4 Å². The number of aromatic amines is 1. The molecule has 0 radical (unpaired) electrons. The Bertz CT molecular complexity index is 917. The quantitative estimate of drug-likeness (QED) is 0.406. The lowest BCUT2D eigenvalue weighted by Crippen LogP contribution is -2.49. The molecule has 2 heterocycles. The van der Waals surface area contributed by atoms with Gasteiger partial charge in [0.2, 0.25) is 11.5 Å². The average molecular weight is 430 g/mol. The lowest BCUT2D eigenvalue weighted by Gasteiger charge is -2.33. The van der Waals surface area contributed by atoms with Crippen molar-refractivity contribution >= 4 is 18.3 Å². The molecule has 2 aromatic heterocycles. The number of nitrogens with one attached hydrogen (secondary N) is 3. The van der Waals surface area contributed by atoms with E-state index in [0.717, 1.165) is 5.56 Å². The molecule has 0 saturated heterocycles. The maximum Gasteiger partial charge on any atom is 0.290 e. The minimum atomic E-state index is -0.811. The number of carboxylic acid groups (broad SMARTS) is 1. The van der Waals surface area contributed by atoms with Crippen LogP contribution in [-0.2, 0) is 16.0 Å². The molecule has 3 atom stereocenters. The summed E-state index contributed by atoms with van der Waals surface area (Å²) in [6.07, 6.45) is 6.13. The van der Waals surface area contributed by atoms with Crippen LogP contribution in [0.3, 0.4) is 0 Å². The van der Waals surface area contributed by atoms with Crippen molar-refractivity contribution in [1.29, 1.82) is 0 Å². The fraction of sp³-hybridized carbons (Fsp3) is 0.381. The third-order valence-corrected chi connectivity index (χ3v) is 4.98. The highest BCUT2D eigenvalue weighted by Crippen LogP contribution is 2.25. The maximum atomic E-state index is 12.4. The zero-order chi connectivity index (χ0) is 22.6. The number of amides is 2. The molecule has 166 valence electrons. The van der Waals surface area contributed by atoms with E-state index in [-0.39, 0.29) is 29.4 Å². The number of aliphatic hydroxyl groups is 1. The number of rotatable bonds is 6. The van der Waals surface area contributed by atoms with Crippen molar-refractivity contribution in [2.75, 3.05) is 6.54 Å². The van der Waals surface area contributed by atoms with E-state index in [4.69, 9.17) is 9.90 Å². The lowest BCUT2D eigenvalue weighted by molar-refractivity contribution is -0.127. The summed E-state index contributed by atoms with van der Waals surface area (Å²) in [7, 11) is 0. The van der Waals surface area contributed by atoms with E-state index in [1.165, 1.54) is 18.3 Å². The van der Waals surface area contributed by atoms with Gasteiger partial charge in [0, 0.05) is 42.7 Å². The summed E-state index contributed by atoms with van der Waals surface area (Å²) in [5.41, 5.74) is 0.931. The fourth-order valence-electron chi connectivity index (χ4n) is 3.41. The number of hydrogen-bond acceptors (Lipinski definition) is 6. The normalized spacial score (nSPS) is 20.0. The Morgan fingerprint density at radius 3 is 2.71 bits per heavy atom. The Balaban J connectivity index is 0.00000107. The van der Waals surface area contributed by atoms with Gasteiger partial charge in [-0.15, -0.1) is 0 Å². The Kier molecular flexibility index (Phi) is 9.37. The molecule has 0 spiro atoms. The average Bonchev–Trinajstić information content (AvgIpc) is 2.76. The van der Waals surface area contributed by atoms with Crippen LogP contribution in [-0.4, -0.2) is 57.2 Å². The number of carbonyl (C=O) groups excluding carboxylic acids is 2. The van der Waals surface area contributed by atoms with Gasteiger partial charge in [0.05, 0.1) is 12.1 Å². The van der Waals surface area contributed by atoms with E-state index in [1.807, 2.05) is 12.1 Å². The van der Waals surface area contributed by atoms with E-state index in [0.29, 0.717) is 32.2 Å². The minimum Gasteiger partial charge on any atom is -0.483 e. The Labute approximate surface area is 178 Å². The summed E-state index contributed by atoms with van der Waals surface area (Å²) in [5.74, 6) is -0.770. The van der Waals surface area contributed by atoms with Gasteiger partial charge in [-0.1, -0.05) is 6.07 Å². The van der Waals surface area contributed by atoms with Crippen molar-refractivity contribution < 1.29 is 24.6 Å². The van der Waals surface area contributed by atoms with Crippen LogP contribution >= 0.6 is 0 Å².